The van der Waals surface area contributed by atoms with Crippen LogP contribution in [0, 0.1) is 0 Å². The van der Waals surface area contributed by atoms with E-state index < -0.39 is 10.8 Å². The van der Waals surface area contributed by atoms with Crippen LogP contribution in [0.4, 0.5) is 17.1 Å². The molecule has 16 rings (SSSR count). The second-order valence-electron chi connectivity index (χ2n) is 20.6. The molecule has 13 aromatic rings. The Morgan fingerprint density at radius 1 is 0.276 bits per heavy atom. The molecule has 0 fully saturated rings. The second kappa shape index (κ2) is 16.4. The maximum Gasteiger partial charge on any atom is 0.159 e. The molecule has 0 radical (unpaired) electrons. The van der Waals surface area contributed by atoms with Gasteiger partial charge in [-0.25, -0.2) is 0 Å². The summed E-state index contributed by atoms with van der Waals surface area (Å²) < 4.78 is 7.02. The highest BCUT2D eigenvalue weighted by Gasteiger charge is 2.53. The fourth-order valence-electron chi connectivity index (χ4n) is 13.9. The molecule has 1 spiro atoms. The third-order valence-corrected chi connectivity index (χ3v) is 17.0. The molecular formula is C74H47NO. The Kier molecular flexibility index (Phi) is 9.20. The van der Waals surface area contributed by atoms with E-state index in [9.17, 15) is 0 Å². The Balaban J connectivity index is 0.966. The third-order valence-electron chi connectivity index (χ3n) is 17.0. The molecule has 0 aliphatic heterocycles. The Morgan fingerprint density at radius 3 is 1.33 bits per heavy atom. The molecule has 3 aliphatic carbocycles. The van der Waals surface area contributed by atoms with Gasteiger partial charge in [-0.1, -0.05) is 255 Å². The summed E-state index contributed by atoms with van der Waals surface area (Å²) in [6.07, 6.45) is 0. The summed E-state index contributed by atoms with van der Waals surface area (Å²) >= 11 is 0. The quantitative estimate of drug-likeness (QED) is 0.158. The van der Waals surface area contributed by atoms with E-state index >= 15 is 0 Å². The lowest BCUT2D eigenvalue weighted by Gasteiger charge is -2.35. The van der Waals surface area contributed by atoms with Crippen LogP contribution in [0.25, 0.3) is 77.6 Å². The van der Waals surface area contributed by atoms with E-state index in [1.165, 1.54) is 100 Å². The maximum absolute atomic E-state index is 7.02. The molecule has 0 saturated heterocycles. The van der Waals surface area contributed by atoms with Crippen LogP contribution in [0.5, 0.6) is 0 Å². The molecule has 2 heteroatoms. The Labute approximate surface area is 442 Å². The number of anilines is 3. The summed E-state index contributed by atoms with van der Waals surface area (Å²) in [4.78, 5) is 2.50. The van der Waals surface area contributed by atoms with Crippen molar-refractivity contribution in [3.8, 4) is 55.6 Å². The average molecular weight is 966 g/mol. The number of nitrogens with zero attached hydrogens (tertiary/aromatic N) is 1. The molecular weight excluding hydrogens is 919 g/mol. The summed E-state index contributed by atoms with van der Waals surface area (Å²) in [5, 5.41) is 2.19. The van der Waals surface area contributed by atoms with Gasteiger partial charge in [-0.05, 0) is 125 Å². The molecule has 0 amide bonds. The van der Waals surface area contributed by atoms with Crippen molar-refractivity contribution in [3.63, 3.8) is 0 Å². The van der Waals surface area contributed by atoms with Crippen LogP contribution < -0.4 is 4.90 Å². The number of benzene rings is 12. The van der Waals surface area contributed by atoms with E-state index in [2.05, 4.69) is 290 Å². The summed E-state index contributed by atoms with van der Waals surface area (Å²) in [5.41, 5.74) is 26.2. The molecule has 3 aliphatic rings. The van der Waals surface area contributed by atoms with Crippen LogP contribution in [-0.4, -0.2) is 0 Å². The molecule has 1 aromatic heterocycles. The SMILES string of the molecule is c1ccc(-c2ccc(C3(c4ccc(-c5ccccc5)cc4)c4ccccc4-c4cc(N(c5cccc6c5-c5ccccc5C65c6ccccc6-c6ccccc65)c5cccc6c5oc5ccccc56)ccc43)cc2)cc1. The summed E-state index contributed by atoms with van der Waals surface area (Å²) in [7, 11) is 0. The molecule has 0 saturated carbocycles. The lowest BCUT2D eigenvalue weighted by atomic mass is 9.67. The zero-order valence-electron chi connectivity index (χ0n) is 41.5. The number of furan rings is 1. The molecule has 12 aromatic carbocycles. The standard InChI is InChI=1S/C74H47NO/c1-3-19-48(20-4-1)50-37-41-52(42-38-50)73(53-43-39-51(40-44-53)49-21-5-2-6-22-49)62-29-12-9-25-57(62)61-47-54(45-46-66(61)73)75(69-35-17-28-59-58-26-11-16-36-70(58)76-72(59)69)68-34-18-33-67-71(68)60-27-10-15-32-65(60)74(67)63-30-13-7-23-55(63)56-24-8-14-31-64(56)74/h1-47H. The van der Waals surface area contributed by atoms with Gasteiger partial charge in [0, 0.05) is 22.0 Å². The van der Waals surface area contributed by atoms with Crippen LogP contribution in [0.1, 0.15) is 44.5 Å². The second-order valence-corrected chi connectivity index (χ2v) is 20.6. The molecule has 0 atom stereocenters. The zero-order chi connectivity index (χ0) is 50.0. The first-order valence-electron chi connectivity index (χ1n) is 26.4. The van der Waals surface area contributed by atoms with Crippen LogP contribution in [0.15, 0.2) is 290 Å². The zero-order valence-corrected chi connectivity index (χ0v) is 41.5. The van der Waals surface area contributed by atoms with E-state index in [1.807, 2.05) is 0 Å². The molecule has 76 heavy (non-hydrogen) atoms. The van der Waals surface area contributed by atoms with E-state index in [1.54, 1.807) is 0 Å². The smallest absolute Gasteiger partial charge is 0.159 e. The average Bonchev–Trinajstić information content (AvgIpc) is 4.23. The first kappa shape index (κ1) is 42.7. The van der Waals surface area contributed by atoms with Gasteiger partial charge in [-0.15, -0.1) is 0 Å². The Bertz CT molecular complexity index is 4320. The number of hydrogen-bond donors (Lipinski definition) is 0. The number of fused-ring (bicyclic) bond motifs is 16. The third kappa shape index (κ3) is 5.81. The minimum atomic E-state index is -0.624. The summed E-state index contributed by atoms with van der Waals surface area (Å²) in [6, 6.07) is 106. The predicted octanol–water partition coefficient (Wildman–Crippen LogP) is 19.1. The predicted molar refractivity (Wildman–Crippen MR) is 313 cm³/mol. The van der Waals surface area contributed by atoms with Crippen molar-refractivity contribution in [2.45, 2.75) is 10.8 Å². The highest BCUT2D eigenvalue weighted by molar-refractivity contribution is 6.12. The number of rotatable bonds is 7. The Hall–Kier alpha value is -9.76. The van der Waals surface area contributed by atoms with Gasteiger partial charge in [-0.2, -0.15) is 0 Å². The fraction of sp³-hybridized carbons (Fsp3) is 0.0270. The maximum atomic E-state index is 7.02. The van der Waals surface area contributed by atoms with Gasteiger partial charge in [0.1, 0.15) is 5.58 Å². The Morgan fingerprint density at radius 2 is 0.711 bits per heavy atom. The largest absolute Gasteiger partial charge is 0.454 e. The minimum Gasteiger partial charge on any atom is -0.454 e. The van der Waals surface area contributed by atoms with Crippen molar-refractivity contribution < 1.29 is 4.42 Å². The highest BCUT2D eigenvalue weighted by Crippen LogP contribution is 2.65. The van der Waals surface area contributed by atoms with Crippen LogP contribution >= 0.6 is 0 Å². The van der Waals surface area contributed by atoms with Gasteiger partial charge in [0.25, 0.3) is 0 Å². The lowest BCUT2D eigenvalue weighted by molar-refractivity contribution is 0.669. The van der Waals surface area contributed by atoms with Crippen molar-refractivity contribution in [2.24, 2.45) is 0 Å². The van der Waals surface area contributed by atoms with E-state index in [-0.39, 0.29) is 0 Å². The molecule has 1 heterocycles. The van der Waals surface area contributed by atoms with E-state index in [0.29, 0.717) is 0 Å². The monoisotopic (exact) mass is 965 g/mol. The van der Waals surface area contributed by atoms with Crippen molar-refractivity contribution in [1.82, 2.24) is 0 Å². The first-order valence-corrected chi connectivity index (χ1v) is 26.4. The van der Waals surface area contributed by atoms with Crippen molar-refractivity contribution in [2.75, 3.05) is 4.90 Å². The van der Waals surface area contributed by atoms with Crippen molar-refractivity contribution >= 4 is 39.0 Å². The van der Waals surface area contributed by atoms with Gasteiger partial charge in [0.05, 0.1) is 22.2 Å². The number of para-hydroxylation sites is 2. The van der Waals surface area contributed by atoms with Crippen molar-refractivity contribution in [1.29, 1.82) is 0 Å². The van der Waals surface area contributed by atoms with Crippen LogP contribution in [0.2, 0.25) is 0 Å². The molecule has 0 bridgehead atoms. The highest BCUT2D eigenvalue weighted by atomic mass is 16.3. The van der Waals surface area contributed by atoms with E-state index in [4.69, 9.17) is 4.42 Å². The van der Waals surface area contributed by atoms with Gasteiger partial charge in [-0.3, -0.25) is 0 Å². The topological polar surface area (TPSA) is 16.4 Å². The van der Waals surface area contributed by atoms with Crippen molar-refractivity contribution in [3.05, 3.63) is 330 Å². The normalized spacial score (nSPS) is 13.7. The molecule has 0 N–H and O–H groups in total. The summed E-state index contributed by atoms with van der Waals surface area (Å²) in [6.45, 7) is 0. The molecule has 0 unspecified atom stereocenters. The summed E-state index contributed by atoms with van der Waals surface area (Å²) in [5.74, 6) is 0. The lowest BCUT2D eigenvalue weighted by Crippen LogP contribution is -2.28. The minimum absolute atomic E-state index is 0.505. The fourth-order valence-corrected chi connectivity index (χ4v) is 13.9. The first-order chi connectivity index (χ1) is 37.7. The van der Waals surface area contributed by atoms with Gasteiger partial charge < -0.3 is 9.32 Å². The molecule has 2 nitrogen and oxygen atoms in total. The van der Waals surface area contributed by atoms with Crippen LogP contribution in [0.3, 0.4) is 0 Å². The van der Waals surface area contributed by atoms with Gasteiger partial charge >= 0.3 is 0 Å². The number of hydrogen-bond acceptors (Lipinski definition) is 2. The van der Waals surface area contributed by atoms with Gasteiger partial charge in [0.15, 0.2) is 5.58 Å². The van der Waals surface area contributed by atoms with Gasteiger partial charge in [0.2, 0.25) is 0 Å². The molecule has 354 valence electrons. The van der Waals surface area contributed by atoms with Crippen LogP contribution in [-0.2, 0) is 10.8 Å². The van der Waals surface area contributed by atoms with E-state index in [0.717, 1.165) is 39.0 Å².